The van der Waals surface area contributed by atoms with Gasteiger partial charge in [-0.05, 0) is 18.2 Å². The highest BCUT2D eigenvalue weighted by Crippen LogP contribution is 2.33. The van der Waals surface area contributed by atoms with E-state index < -0.39 is 49.3 Å². The summed E-state index contributed by atoms with van der Waals surface area (Å²) in [5, 5.41) is 40.1. The van der Waals surface area contributed by atoms with Crippen molar-refractivity contribution in [3.8, 4) is 5.75 Å². The number of hydrogen-bond donors (Lipinski definition) is 5. The molecule has 10 nitrogen and oxygen atoms in total. The van der Waals surface area contributed by atoms with Crippen LogP contribution in [0.1, 0.15) is 0 Å². The molecule has 0 saturated carbocycles. The van der Waals surface area contributed by atoms with E-state index in [0.717, 1.165) is 21.8 Å². The van der Waals surface area contributed by atoms with E-state index in [0.29, 0.717) is 5.75 Å². The van der Waals surface area contributed by atoms with E-state index in [2.05, 4.69) is 4.98 Å². The third-order valence-electron chi connectivity index (χ3n) is 4.90. The van der Waals surface area contributed by atoms with Crippen LogP contribution in [0.25, 0.3) is 21.8 Å². The van der Waals surface area contributed by atoms with Gasteiger partial charge in [0.05, 0.1) is 5.52 Å². The number of aromatic amines is 1. The molecule has 2 heterocycles. The van der Waals surface area contributed by atoms with Crippen molar-refractivity contribution in [2.24, 2.45) is 0 Å². The maximum absolute atomic E-state index is 12.2. The van der Waals surface area contributed by atoms with Gasteiger partial charge < -0.3 is 39.6 Å². The fourth-order valence-corrected chi connectivity index (χ4v) is 3.44. The monoisotopic (exact) mass is 417 g/mol. The fourth-order valence-electron chi connectivity index (χ4n) is 3.44. The summed E-state index contributed by atoms with van der Waals surface area (Å²) < 4.78 is 15.4. The molecule has 1 aliphatic heterocycles. The van der Waals surface area contributed by atoms with Crippen molar-refractivity contribution < 1.29 is 44.2 Å². The van der Waals surface area contributed by atoms with Gasteiger partial charge in [-0.1, -0.05) is 24.3 Å². The van der Waals surface area contributed by atoms with Gasteiger partial charge in [-0.2, -0.15) is 0 Å². The predicted octanol–water partition coefficient (Wildman–Crippen LogP) is 0.135. The lowest BCUT2D eigenvalue weighted by molar-refractivity contribution is -0.286. The molecule has 158 valence electrons. The summed E-state index contributed by atoms with van der Waals surface area (Å²) in [6, 6.07) is 12.9. The van der Waals surface area contributed by atoms with Crippen LogP contribution in [0.4, 0.5) is 0 Å². The molecule has 0 amide bonds. The second-order valence-electron chi connectivity index (χ2n) is 6.86. The molecule has 0 spiro atoms. The van der Waals surface area contributed by atoms with Crippen molar-refractivity contribution >= 4 is 33.7 Å². The molecular formula is C20H19NO9. The summed E-state index contributed by atoms with van der Waals surface area (Å²) in [7, 11) is 0. The minimum absolute atomic E-state index is 0.422. The quantitative estimate of drug-likeness (QED) is 0.364. The van der Waals surface area contributed by atoms with Gasteiger partial charge in [0.15, 0.2) is 12.7 Å². The molecule has 5 N–H and O–H groups in total. The standard InChI is InChI=1S/C20H19NO9/c22-13(29-20-17(25)15(23)16(24)18(30-20)19(26)27)8-28-12-7-3-6-11-14(12)9-4-1-2-5-10(9)21-11/h1-7,15-18,20-21,23-25H,8H2,(H,26,27)/t15-,16-,17+,18-,20+/m0/s1. The van der Waals surface area contributed by atoms with Crippen molar-refractivity contribution in [2.45, 2.75) is 30.7 Å². The van der Waals surface area contributed by atoms with Gasteiger partial charge in [0.1, 0.15) is 24.1 Å². The Bertz CT molecular complexity index is 1090. The molecule has 0 radical (unpaired) electrons. The van der Waals surface area contributed by atoms with Crippen LogP contribution in [0.2, 0.25) is 0 Å². The Labute approximate surface area is 169 Å². The molecule has 0 bridgehead atoms. The fraction of sp³-hybridized carbons (Fsp3) is 0.300. The van der Waals surface area contributed by atoms with E-state index in [-0.39, 0.29) is 0 Å². The largest absolute Gasteiger partial charge is 0.481 e. The Morgan fingerprint density at radius 1 is 0.967 bits per heavy atom. The normalized spacial score (nSPS) is 26.6. The summed E-state index contributed by atoms with van der Waals surface area (Å²) >= 11 is 0. The number of rotatable bonds is 5. The van der Waals surface area contributed by atoms with Crippen molar-refractivity contribution in [1.82, 2.24) is 4.98 Å². The Kier molecular flexibility index (Phi) is 5.31. The number of nitrogens with one attached hydrogen (secondary N) is 1. The number of aliphatic hydroxyl groups excluding tert-OH is 3. The predicted molar refractivity (Wildman–Crippen MR) is 102 cm³/mol. The van der Waals surface area contributed by atoms with Crippen molar-refractivity contribution in [2.75, 3.05) is 6.61 Å². The molecular weight excluding hydrogens is 398 g/mol. The number of benzene rings is 2. The third-order valence-corrected chi connectivity index (χ3v) is 4.90. The first-order valence-corrected chi connectivity index (χ1v) is 9.11. The Hall–Kier alpha value is -3.18. The summed E-state index contributed by atoms with van der Waals surface area (Å²) in [6.07, 6.45) is -9.19. The number of hydrogen-bond acceptors (Lipinski definition) is 8. The number of carbonyl (C=O) groups excluding carboxylic acids is 1. The van der Waals surface area contributed by atoms with Crippen LogP contribution < -0.4 is 4.74 Å². The maximum Gasteiger partial charge on any atom is 0.346 e. The highest BCUT2D eigenvalue weighted by molar-refractivity contribution is 6.10. The lowest BCUT2D eigenvalue weighted by Gasteiger charge is -2.37. The zero-order chi connectivity index (χ0) is 21.4. The van der Waals surface area contributed by atoms with Gasteiger partial charge in [-0.3, -0.25) is 0 Å². The number of aliphatic hydroxyl groups is 3. The number of ether oxygens (including phenoxy) is 3. The number of esters is 1. The molecule has 5 atom stereocenters. The molecule has 2 aromatic carbocycles. The average molecular weight is 417 g/mol. The number of carboxylic acid groups (broad SMARTS) is 1. The van der Waals surface area contributed by atoms with Crippen LogP contribution >= 0.6 is 0 Å². The summed E-state index contributed by atoms with van der Waals surface area (Å²) in [4.78, 5) is 26.6. The van der Waals surface area contributed by atoms with Gasteiger partial charge in [-0.25, -0.2) is 9.59 Å². The molecule has 3 aromatic rings. The number of carbonyl (C=O) groups is 2. The smallest absolute Gasteiger partial charge is 0.346 e. The van der Waals surface area contributed by atoms with Crippen molar-refractivity contribution in [3.63, 3.8) is 0 Å². The second kappa shape index (κ2) is 7.92. The highest BCUT2D eigenvalue weighted by Gasteiger charge is 2.48. The molecule has 1 fully saturated rings. The summed E-state index contributed by atoms with van der Waals surface area (Å²) in [5.41, 5.74) is 1.71. The first-order chi connectivity index (χ1) is 14.4. The average Bonchev–Trinajstić information content (AvgIpc) is 3.11. The molecule has 0 aliphatic carbocycles. The number of aliphatic carboxylic acids is 1. The second-order valence-corrected chi connectivity index (χ2v) is 6.86. The van der Waals surface area contributed by atoms with Crippen LogP contribution in [0.15, 0.2) is 42.5 Å². The van der Waals surface area contributed by atoms with Gasteiger partial charge in [0.25, 0.3) is 0 Å². The van der Waals surface area contributed by atoms with Gasteiger partial charge in [0, 0.05) is 16.3 Å². The number of aromatic nitrogens is 1. The summed E-state index contributed by atoms with van der Waals surface area (Å²) in [6.45, 7) is -0.554. The van der Waals surface area contributed by atoms with E-state index >= 15 is 0 Å². The summed E-state index contributed by atoms with van der Waals surface area (Å²) in [5.74, 6) is -2.11. The Morgan fingerprint density at radius 2 is 1.70 bits per heavy atom. The minimum Gasteiger partial charge on any atom is -0.481 e. The molecule has 1 aliphatic rings. The van der Waals surface area contributed by atoms with Crippen molar-refractivity contribution in [3.05, 3.63) is 42.5 Å². The Morgan fingerprint density at radius 3 is 2.47 bits per heavy atom. The zero-order valence-corrected chi connectivity index (χ0v) is 15.5. The molecule has 30 heavy (non-hydrogen) atoms. The van der Waals surface area contributed by atoms with E-state index in [1.165, 1.54) is 0 Å². The lowest BCUT2D eigenvalue weighted by Crippen LogP contribution is -2.60. The molecule has 10 heteroatoms. The van der Waals surface area contributed by atoms with E-state index in [9.17, 15) is 24.9 Å². The topological polar surface area (TPSA) is 159 Å². The zero-order valence-electron chi connectivity index (χ0n) is 15.5. The maximum atomic E-state index is 12.2. The van der Waals surface area contributed by atoms with Crippen LogP contribution in [0, 0.1) is 0 Å². The first-order valence-electron chi connectivity index (χ1n) is 9.11. The first kappa shape index (κ1) is 20.1. The van der Waals surface area contributed by atoms with E-state index in [1.807, 2.05) is 30.3 Å². The van der Waals surface area contributed by atoms with Crippen LogP contribution in [0.3, 0.4) is 0 Å². The lowest BCUT2D eigenvalue weighted by atomic mass is 9.99. The van der Waals surface area contributed by atoms with Gasteiger partial charge >= 0.3 is 11.9 Å². The molecule has 1 saturated heterocycles. The SMILES string of the molecule is O=C(COc1cccc2[nH]c3ccccc3c12)O[C@@H]1O[C@H](C(=O)O)[C@@H](O)[C@H](O)[C@H]1O. The number of carboxylic acids is 1. The van der Waals surface area contributed by atoms with E-state index in [1.54, 1.807) is 12.1 Å². The van der Waals surface area contributed by atoms with Crippen molar-refractivity contribution in [1.29, 1.82) is 0 Å². The number of fused-ring (bicyclic) bond motifs is 3. The van der Waals surface area contributed by atoms with Gasteiger partial charge in [-0.15, -0.1) is 0 Å². The molecule has 1 aromatic heterocycles. The number of H-pyrrole nitrogens is 1. The van der Waals surface area contributed by atoms with Gasteiger partial charge in [0.2, 0.25) is 6.29 Å². The molecule has 0 unspecified atom stereocenters. The van der Waals surface area contributed by atoms with E-state index in [4.69, 9.17) is 19.3 Å². The third kappa shape index (κ3) is 3.57. The minimum atomic E-state index is -1.87. The molecule has 4 rings (SSSR count). The van der Waals surface area contributed by atoms with Crippen LogP contribution in [-0.2, 0) is 19.1 Å². The Balaban J connectivity index is 1.47. The van der Waals surface area contributed by atoms with Crippen LogP contribution in [0.5, 0.6) is 5.75 Å². The number of para-hydroxylation sites is 1. The van der Waals surface area contributed by atoms with Crippen LogP contribution in [-0.4, -0.2) is 74.7 Å². The highest BCUT2D eigenvalue weighted by atomic mass is 16.7.